The first-order chi connectivity index (χ1) is 13.3. The Hall–Kier alpha value is -4.01. The molecular weight excluding hydrogens is 368 g/mol. The summed E-state index contributed by atoms with van der Waals surface area (Å²) in [6.07, 6.45) is 0. The molecule has 1 amide bonds. The molecule has 28 heavy (non-hydrogen) atoms. The molecular formula is C19H14N2O7. The van der Waals surface area contributed by atoms with Gasteiger partial charge in [0, 0.05) is 17.7 Å². The first-order valence-electron chi connectivity index (χ1n) is 8.11. The Bertz CT molecular complexity index is 1010. The minimum absolute atomic E-state index is 0.145. The maximum atomic E-state index is 12.6. The van der Waals surface area contributed by atoms with E-state index in [0.717, 1.165) is 11.0 Å². The van der Waals surface area contributed by atoms with Gasteiger partial charge in [-0.3, -0.25) is 24.5 Å². The number of non-ortho nitro benzene ring substituents is 1. The molecule has 1 atom stereocenters. The third-order valence-electron chi connectivity index (χ3n) is 4.29. The van der Waals surface area contributed by atoms with Crippen molar-refractivity contribution in [1.29, 1.82) is 0 Å². The number of rotatable bonds is 5. The lowest BCUT2D eigenvalue weighted by Crippen LogP contribution is -2.34. The lowest BCUT2D eigenvalue weighted by atomic mass is 9.95. The number of nitro benzene ring substituents is 1. The molecule has 9 heteroatoms. The maximum Gasteiger partial charge on any atom is 0.323 e. The van der Waals surface area contributed by atoms with Gasteiger partial charge in [-0.25, -0.2) is 0 Å². The van der Waals surface area contributed by atoms with Gasteiger partial charge in [0.25, 0.3) is 17.4 Å². The van der Waals surface area contributed by atoms with Crippen molar-refractivity contribution >= 4 is 29.1 Å². The summed E-state index contributed by atoms with van der Waals surface area (Å²) in [4.78, 5) is 47.4. The number of amides is 1. The molecule has 2 aromatic carbocycles. The molecule has 0 saturated carbocycles. The van der Waals surface area contributed by atoms with E-state index >= 15 is 0 Å². The van der Waals surface area contributed by atoms with E-state index < -0.39 is 40.9 Å². The molecule has 0 spiro atoms. The minimum Gasteiger partial charge on any atom is -0.507 e. The Balaban J connectivity index is 2.23. The van der Waals surface area contributed by atoms with Gasteiger partial charge in [-0.1, -0.05) is 42.5 Å². The highest BCUT2D eigenvalue weighted by Crippen LogP contribution is 2.39. The molecule has 1 fully saturated rings. The highest BCUT2D eigenvalue weighted by molar-refractivity contribution is 6.46. The number of nitrogens with zero attached hydrogens (tertiary/aromatic N) is 2. The van der Waals surface area contributed by atoms with Crippen LogP contribution in [0.2, 0.25) is 0 Å². The van der Waals surface area contributed by atoms with Crippen LogP contribution < -0.4 is 0 Å². The number of carbonyl (C=O) groups is 3. The average molecular weight is 382 g/mol. The number of hydrogen-bond acceptors (Lipinski definition) is 6. The highest BCUT2D eigenvalue weighted by Gasteiger charge is 2.47. The summed E-state index contributed by atoms with van der Waals surface area (Å²) in [7, 11) is 0. The first-order valence-corrected chi connectivity index (χ1v) is 8.11. The average Bonchev–Trinajstić information content (AvgIpc) is 2.92. The third-order valence-corrected chi connectivity index (χ3v) is 4.29. The summed E-state index contributed by atoms with van der Waals surface area (Å²) in [5.74, 6) is -4.00. The smallest absolute Gasteiger partial charge is 0.323 e. The van der Waals surface area contributed by atoms with Crippen molar-refractivity contribution in [3.8, 4) is 0 Å². The van der Waals surface area contributed by atoms with Gasteiger partial charge in [-0.15, -0.1) is 0 Å². The molecule has 0 bridgehead atoms. The van der Waals surface area contributed by atoms with Crippen molar-refractivity contribution < 1.29 is 29.5 Å². The van der Waals surface area contributed by atoms with Gasteiger partial charge in [0.1, 0.15) is 12.3 Å². The van der Waals surface area contributed by atoms with Crippen molar-refractivity contribution in [3.63, 3.8) is 0 Å². The molecule has 3 rings (SSSR count). The van der Waals surface area contributed by atoms with Crippen LogP contribution in [0.4, 0.5) is 5.69 Å². The molecule has 0 aliphatic carbocycles. The summed E-state index contributed by atoms with van der Waals surface area (Å²) in [6.45, 7) is -0.802. The molecule has 0 aromatic heterocycles. The largest absolute Gasteiger partial charge is 0.507 e. The van der Waals surface area contributed by atoms with Crippen LogP contribution >= 0.6 is 0 Å². The Morgan fingerprint density at radius 1 is 1.07 bits per heavy atom. The van der Waals surface area contributed by atoms with Gasteiger partial charge in [0.05, 0.1) is 16.5 Å². The Kier molecular flexibility index (Phi) is 4.90. The molecule has 1 saturated heterocycles. The first kappa shape index (κ1) is 18.8. The van der Waals surface area contributed by atoms with Crippen molar-refractivity contribution in [2.24, 2.45) is 0 Å². The van der Waals surface area contributed by atoms with E-state index in [4.69, 9.17) is 5.11 Å². The second-order valence-corrected chi connectivity index (χ2v) is 6.04. The van der Waals surface area contributed by atoms with Gasteiger partial charge < -0.3 is 15.1 Å². The van der Waals surface area contributed by atoms with E-state index in [-0.39, 0.29) is 22.4 Å². The summed E-state index contributed by atoms with van der Waals surface area (Å²) in [5, 5.41) is 30.9. The standard InChI is InChI=1S/C19H14N2O7/c22-14(23)10-20-16(12-7-4-8-13(9-12)21(27)28)15(18(25)19(20)26)17(24)11-5-2-1-3-6-11/h1-9,16,24H,10H2,(H,22,23)/b17-15+. The van der Waals surface area contributed by atoms with Crippen molar-refractivity contribution in [2.45, 2.75) is 6.04 Å². The molecule has 2 N–H and O–H groups in total. The van der Waals surface area contributed by atoms with E-state index in [2.05, 4.69) is 0 Å². The number of Topliss-reactive ketones (excluding diaryl/α,β-unsaturated/α-hetero) is 1. The summed E-state index contributed by atoms with van der Waals surface area (Å²) in [5.41, 5.74) is -0.213. The second kappa shape index (κ2) is 7.31. The van der Waals surface area contributed by atoms with E-state index in [1.807, 2.05) is 0 Å². The van der Waals surface area contributed by atoms with Crippen LogP contribution in [-0.4, -0.2) is 44.2 Å². The third kappa shape index (κ3) is 3.32. The van der Waals surface area contributed by atoms with E-state index in [1.165, 1.54) is 30.3 Å². The van der Waals surface area contributed by atoms with Crippen molar-refractivity contribution in [3.05, 3.63) is 81.4 Å². The lowest BCUT2D eigenvalue weighted by Gasteiger charge is -2.23. The zero-order valence-corrected chi connectivity index (χ0v) is 14.3. The van der Waals surface area contributed by atoms with Gasteiger partial charge >= 0.3 is 5.97 Å². The van der Waals surface area contributed by atoms with Crippen LogP contribution in [0.5, 0.6) is 0 Å². The SMILES string of the molecule is O=C(O)CN1C(=O)C(=O)/C(=C(/O)c2ccccc2)C1c1cccc([N+](=O)[O-])c1. The number of carbonyl (C=O) groups excluding carboxylic acids is 2. The molecule has 2 aromatic rings. The summed E-state index contributed by atoms with van der Waals surface area (Å²) < 4.78 is 0. The Morgan fingerprint density at radius 2 is 1.75 bits per heavy atom. The number of aliphatic carboxylic acids is 1. The number of likely N-dealkylation sites (tertiary alicyclic amines) is 1. The zero-order chi connectivity index (χ0) is 20.4. The maximum absolute atomic E-state index is 12.6. The number of benzene rings is 2. The van der Waals surface area contributed by atoms with Gasteiger partial charge in [0.2, 0.25) is 0 Å². The fraction of sp³-hybridized carbons (Fsp3) is 0.105. The van der Waals surface area contributed by atoms with Crippen molar-refractivity contribution in [1.82, 2.24) is 4.90 Å². The van der Waals surface area contributed by atoms with Gasteiger partial charge in [-0.05, 0) is 5.56 Å². The summed E-state index contributed by atoms with van der Waals surface area (Å²) in [6, 6.07) is 11.8. The number of nitro groups is 1. The number of hydrogen-bond donors (Lipinski definition) is 2. The van der Waals surface area contributed by atoms with Crippen LogP contribution in [0.3, 0.4) is 0 Å². The fourth-order valence-electron chi connectivity index (χ4n) is 3.10. The van der Waals surface area contributed by atoms with Crippen LogP contribution in [0, 0.1) is 10.1 Å². The van der Waals surface area contributed by atoms with Gasteiger partial charge in [-0.2, -0.15) is 0 Å². The summed E-state index contributed by atoms with van der Waals surface area (Å²) >= 11 is 0. The second-order valence-electron chi connectivity index (χ2n) is 6.04. The molecule has 1 aliphatic rings. The minimum atomic E-state index is -1.36. The van der Waals surface area contributed by atoms with Gasteiger partial charge in [0.15, 0.2) is 0 Å². The molecule has 1 heterocycles. The van der Waals surface area contributed by atoms with Crippen molar-refractivity contribution in [2.75, 3.05) is 6.54 Å². The number of ketones is 1. The lowest BCUT2D eigenvalue weighted by molar-refractivity contribution is -0.384. The monoisotopic (exact) mass is 382 g/mol. The Labute approximate surface area is 158 Å². The van der Waals surface area contributed by atoms with E-state index in [0.29, 0.717) is 0 Å². The fourth-order valence-corrected chi connectivity index (χ4v) is 3.10. The quantitative estimate of drug-likeness (QED) is 0.265. The zero-order valence-electron chi connectivity index (χ0n) is 14.3. The Morgan fingerprint density at radius 3 is 2.36 bits per heavy atom. The van der Waals surface area contributed by atoms with Crippen LogP contribution in [0.25, 0.3) is 5.76 Å². The molecule has 1 aliphatic heterocycles. The molecule has 0 radical (unpaired) electrons. The van der Waals surface area contributed by atoms with E-state index in [9.17, 15) is 29.6 Å². The molecule has 1 unspecified atom stereocenters. The normalized spacial score (nSPS) is 18.3. The number of aliphatic hydroxyl groups excluding tert-OH is 1. The van der Waals surface area contributed by atoms with Crippen LogP contribution in [0.15, 0.2) is 60.2 Å². The number of carboxylic acids is 1. The van der Waals surface area contributed by atoms with E-state index in [1.54, 1.807) is 18.2 Å². The topological polar surface area (TPSA) is 138 Å². The van der Waals surface area contributed by atoms with Crippen LogP contribution in [0.1, 0.15) is 17.2 Å². The molecule has 142 valence electrons. The highest BCUT2D eigenvalue weighted by atomic mass is 16.6. The predicted molar refractivity (Wildman–Crippen MR) is 96.2 cm³/mol. The number of carboxylic acid groups (broad SMARTS) is 1. The number of aliphatic hydroxyl groups is 1. The predicted octanol–water partition coefficient (Wildman–Crippen LogP) is 2.10. The van der Waals surface area contributed by atoms with Crippen LogP contribution in [-0.2, 0) is 14.4 Å². The molecule has 9 nitrogen and oxygen atoms in total.